The number of carbonyl (C=O) groups excluding carboxylic acids is 1. The number of fused-ring (bicyclic) bond motifs is 1. The monoisotopic (exact) mass is 402 g/mol. The van der Waals surface area contributed by atoms with Crippen LogP contribution >= 0.6 is 23.4 Å². The van der Waals surface area contributed by atoms with Crippen molar-refractivity contribution >= 4 is 45.9 Å². The third-order valence-corrected chi connectivity index (χ3v) is 5.44. The number of anilines is 1. The fourth-order valence-corrected chi connectivity index (χ4v) is 3.96. The minimum absolute atomic E-state index is 0.0685. The van der Waals surface area contributed by atoms with E-state index in [2.05, 4.69) is 5.32 Å². The summed E-state index contributed by atoms with van der Waals surface area (Å²) in [5, 5.41) is 4.20. The van der Waals surface area contributed by atoms with E-state index in [0.717, 1.165) is 15.8 Å². The fraction of sp³-hybridized carbons (Fsp3) is 0.200. The number of nitrogens with zero attached hydrogens (tertiary/aromatic N) is 1. The first-order chi connectivity index (χ1) is 13.0. The van der Waals surface area contributed by atoms with Crippen LogP contribution in [0.5, 0.6) is 5.75 Å². The number of aromatic nitrogens is 1. The van der Waals surface area contributed by atoms with Crippen LogP contribution < -0.4 is 15.6 Å². The van der Waals surface area contributed by atoms with Gasteiger partial charge in [0.2, 0.25) is 5.91 Å². The van der Waals surface area contributed by atoms with E-state index in [-0.39, 0.29) is 17.2 Å². The summed E-state index contributed by atoms with van der Waals surface area (Å²) in [5.74, 6) is 0.556. The molecule has 140 valence electrons. The third kappa shape index (κ3) is 4.28. The van der Waals surface area contributed by atoms with E-state index in [4.69, 9.17) is 16.3 Å². The van der Waals surface area contributed by atoms with Crippen LogP contribution in [0.1, 0.15) is 6.92 Å². The van der Waals surface area contributed by atoms with Crippen molar-refractivity contribution in [2.45, 2.75) is 18.4 Å². The zero-order valence-electron chi connectivity index (χ0n) is 15.0. The average molecular weight is 403 g/mol. The molecule has 3 rings (SSSR count). The summed E-state index contributed by atoms with van der Waals surface area (Å²) in [4.78, 5) is 25.4. The van der Waals surface area contributed by atoms with Crippen LogP contribution in [0.2, 0.25) is 5.02 Å². The topological polar surface area (TPSA) is 60.3 Å². The Morgan fingerprint density at radius 3 is 2.70 bits per heavy atom. The van der Waals surface area contributed by atoms with Crippen LogP contribution in [-0.2, 0) is 11.3 Å². The van der Waals surface area contributed by atoms with Crippen molar-refractivity contribution in [1.29, 1.82) is 0 Å². The van der Waals surface area contributed by atoms with Gasteiger partial charge in [-0.3, -0.25) is 9.59 Å². The van der Waals surface area contributed by atoms with Crippen molar-refractivity contribution in [3.63, 3.8) is 0 Å². The zero-order chi connectivity index (χ0) is 19.4. The van der Waals surface area contributed by atoms with Crippen molar-refractivity contribution in [1.82, 2.24) is 4.57 Å². The summed E-state index contributed by atoms with van der Waals surface area (Å²) in [7, 11) is 1.53. The molecule has 0 aliphatic rings. The normalized spacial score (nSPS) is 10.8. The minimum Gasteiger partial charge on any atom is -0.495 e. The molecule has 5 nitrogen and oxygen atoms in total. The van der Waals surface area contributed by atoms with Gasteiger partial charge in [-0.15, -0.1) is 11.8 Å². The van der Waals surface area contributed by atoms with Gasteiger partial charge in [-0.05, 0) is 31.2 Å². The number of benzene rings is 2. The maximum Gasteiger partial charge on any atom is 0.252 e. The van der Waals surface area contributed by atoms with Gasteiger partial charge in [0.05, 0.1) is 23.4 Å². The van der Waals surface area contributed by atoms with E-state index in [0.29, 0.717) is 23.0 Å². The number of rotatable bonds is 6. The number of amides is 1. The number of thioether (sulfide) groups is 1. The molecule has 0 saturated carbocycles. The predicted octanol–water partition coefficient (Wildman–Crippen LogP) is 4.41. The molecule has 3 aromatic rings. The Hall–Kier alpha value is -2.44. The molecule has 0 saturated heterocycles. The molecule has 0 unspecified atom stereocenters. The fourth-order valence-electron chi connectivity index (χ4n) is 2.83. The van der Waals surface area contributed by atoms with Crippen molar-refractivity contribution in [2.24, 2.45) is 0 Å². The lowest BCUT2D eigenvalue weighted by molar-refractivity contribution is -0.113. The number of halogens is 1. The van der Waals surface area contributed by atoms with Gasteiger partial charge in [0.15, 0.2) is 0 Å². The first-order valence-electron chi connectivity index (χ1n) is 8.42. The maximum atomic E-state index is 12.3. The third-order valence-electron chi connectivity index (χ3n) is 4.09. The first-order valence-corrected chi connectivity index (χ1v) is 9.78. The molecule has 0 radical (unpaired) electrons. The number of pyridine rings is 1. The minimum atomic E-state index is -0.176. The number of carbonyl (C=O) groups is 1. The van der Waals surface area contributed by atoms with Gasteiger partial charge < -0.3 is 14.6 Å². The number of ether oxygens (including phenoxy) is 1. The van der Waals surface area contributed by atoms with Gasteiger partial charge >= 0.3 is 0 Å². The van der Waals surface area contributed by atoms with Gasteiger partial charge in [-0.25, -0.2) is 0 Å². The molecular formula is C20H19ClN2O3S. The molecule has 0 aliphatic carbocycles. The summed E-state index contributed by atoms with van der Waals surface area (Å²) < 4.78 is 6.82. The van der Waals surface area contributed by atoms with Crippen molar-refractivity contribution < 1.29 is 9.53 Å². The number of hydrogen-bond acceptors (Lipinski definition) is 4. The van der Waals surface area contributed by atoms with Gasteiger partial charge in [-0.2, -0.15) is 0 Å². The van der Waals surface area contributed by atoms with Gasteiger partial charge in [0.25, 0.3) is 5.56 Å². The second-order valence-corrected chi connectivity index (χ2v) is 7.22. The van der Waals surface area contributed by atoms with Crippen LogP contribution in [0, 0.1) is 0 Å². The van der Waals surface area contributed by atoms with E-state index in [1.54, 1.807) is 28.8 Å². The molecule has 1 amide bonds. The molecule has 7 heteroatoms. The summed E-state index contributed by atoms with van der Waals surface area (Å²) >= 11 is 7.42. The highest BCUT2D eigenvalue weighted by Crippen LogP contribution is 2.28. The van der Waals surface area contributed by atoms with E-state index >= 15 is 0 Å². The Labute approximate surface area is 166 Å². The number of nitrogens with one attached hydrogen (secondary N) is 1. The Morgan fingerprint density at radius 2 is 2.00 bits per heavy atom. The molecule has 0 spiro atoms. The van der Waals surface area contributed by atoms with E-state index < -0.39 is 0 Å². The Balaban J connectivity index is 1.76. The van der Waals surface area contributed by atoms with Gasteiger partial charge in [0, 0.05) is 28.6 Å². The van der Waals surface area contributed by atoms with Crippen LogP contribution in [0.25, 0.3) is 10.9 Å². The molecule has 1 heterocycles. The quantitative estimate of drug-likeness (QED) is 0.620. The SMILES string of the molecule is CCn1c(=O)cc(SCC(=O)Nc2ccc(OC)c(Cl)c2)c2ccccc21. The maximum absolute atomic E-state index is 12.3. The van der Waals surface area contributed by atoms with Crippen LogP contribution in [0.15, 0.2) is 58.2 Å². The molecule has 1 N–H and O–H groups in total. The lowest BCUT2D eigenvalue weighted by atomic mass is 10.2. The second kappa shape index (κ2) is 8.50. The molecule has 0 fully saturated rings. The highest BCUT2D eigenvalue weighted by Gasteiger charge is 2.11. The van der Waals surface area contributed by atoms with Crippen LogP contribution in [0.3, 0.4) is 0 Å². The van der Waals surface area contributed by atoms with E-state index in [1.807, 2.05) is 31.2 Å². The number of aryl methyl sites for hydroxylation is 1. The molecule has 0 aliphatic heterocycles. The molecular weight excluding hydrogens is 384 g/mol. The lowest BCUT2D eigenvalue weighted by Crippen LogP contribution is -2.19. The van der Waals surface area contributed by atoms with Crippen LogP contribution in [-0.4, -0.2) is 23.3 Å². The molecule has 2 aromatic carbocycles. The summed E-state index contributed by atoms with van der Waals surface area (Å²) in [6.45, 7) is 2.54. The van der Waals surface area contributed by atoms with E-state index in [1.165, 1.54) is 18.9 Å². The smallest absolute Gasteiger partial charge is 0.252 e. The highest BCUT2D eigenvalue weighted by atomic mass is 35.5. The summed E-state index contributed by atoms with van der Waals surface area (Å²) in [6.07, 6.45) is 0. The van der Waals surface area contributed by atoms with Crippen molar-refractivity contribution in [3.05, 3.63) is 63.9 Å². The number of hydrogen-bond donors (Lipinski definition) is 1. The Bertz CT molecular complexity index is 1050. The average Bonchev–Trinajstić information content (AvgIpc) is 2.66. The molecule has 0 atom stereocenters. The number of para-hydroxylation sites is 1. The predicted molar refractivity (Wildman–Crippen MR) is 111 cm³/mol. The Morgan fingerprint density at radius 1 is 1.22 bits per heavy atom. The standard InChI is InChI=1S/C20H19ClN2O3S/c1-3-23-16-7-5-4-6-14(16)18(11-20(23)25)27-12-19(24)22-13-8-9-17(26-2)15(21)10-13/h4-11H,3,12H2,1-2H3,(H,22,24). The zero-order valence-corrected chi connectivity index (χ0v) is 16.6. The summed E-state index contributed by atoms with van der Waals surface area (Å²) in [5.41, 5.74) is 1.40. The van der Waals surface area contributed by atoms with Gasteiger partial charge in [-0.1, -0.05) is 29.8 Å². The Kier molecular flexibility index (Phi) is 6.08. The molecule has 27 heavy (non-hydrogen) atoms. The first kappa shape index (κ1) is 19.3. The van der Waals surface area contributed by atoms with E-state index in [9.17, 15) is 9.59 Å². The summed E-state index contributed by atoms with van der Waals surface area (Å²) in [6, 6.07) is 14.4. The van der Waals surface area contributed by atoms with Crippen LogP contribution in [0.4, 0.5) is 5.69 Å². The second-order valence-electron chi connectivity index (χ2n) is 5.79. The van der Waals surface area contributed by atoms with Gasteiger partial charge in [0.1, 0.15) is 5.75 Å². The lowest BCUT2D eigenvalue weighted by Gasteiger charge is -2.12. The van der Waals surface area contributed by atoms with Crippen molar-refractivity contribution in [2.75, 3.05) is 18.2 Å². The number of methoxy groups -OCH3 is 1. The largest absolute Gasteiger partial charge is 0.495 e. The highest BCUT2D eigenvalue weighted by molar-refractivity contribution is 8.00. The molecule has 0 bridgehead atoms. The van der Waals surface area contributed by atoms with Crippen molar-refractivity contribution in [3.8, 4) is 5.75 Å². The molecule has 1 aromatic heterocycles.